The van der Waals surface area contributed by atoms with Gasteiger partial charge in [-0.05, 0) is 50.7 Å². The molecule has 2 heterocycles. The fraction of sp³-hybridized carbons (Fsp3) is 0.455. The van der Waals surface area contributed by atoms with Crippen LogP contribution in [0, 0.1) is 19.8 Å². The molecule has 0 spiro atoms. The molecule has 0 aliphatic heterocycles. The lowest BCUT2D eigenvalue weighted by molar-refractivity contribution is 0.171. The van der Waals surface area contributed by atoms with Crippen molar-refractivity contribution in [1.29, 1.82) is 0 Å². The number of aryl methyl sites for hydroxylation is 2. The smallest absolute Gasteiger partial charge is 0.143 e. The maximum absolute atomic E-state index is 5.59. The molecule has 2 aromatic heterocycles. The molecule has 0 fully saturated rings. The minimum absolute atomic E-state index is 0.0459. The van der Waals surface area contributed by atoms with Crippen LogP contribution >= 0.6 is 0 Å². The van der Waals surface area contributed by atoms with Gasteiger partial charge < -0.3 is 9.09 Å². The summed E-state index contributed by atoms with van der Waals surface area (Å²) in [7, 11) is 0. The Morgan fingerprint density at radius 1 is 1.23 bits per heavy atom. The van der Waals surface area contributed by atoms with Crippen molar-refractivity contribution in [1.82, 2.24) is 14.7 Å². The predicted molar refractivity (Wildman–Crippen MR) is 101 cm³/mol. The number of hydrogen-bond donors (Lipinski definition) is 0. The van der Waals surface area contributed by atoms with Crippen LogP contribution in [0.25, 0.3) is 5.69 Å². The minimum atomic E-state index is 0.0459. The summed E-state index contributed by atoms with van der Waals surface area (Å²) in [4.78, 5) is 5.13. The molecule has 0 unspecified atom stereocenters. The molecule has 0 radical (unpaired) electrons. The van der Waals surface area contributed by atoms with Crippen molar-refractivity contribution in [3.05, 3.63) is 64.6 Å². The van der Waals surface area contributed by atoms with Crippen molar-refractivity contribution in [2.45, 2.75) is 58.3 Å². The summed E-state index contributed by atoms with van der Waals surface area (Å²) in [6.45, 7) is 9.01. The third kappa shape index (κ3) is 1.96. The fourth-order valence-electron chi connectivity index (χ4n) is 5.56. The molecule has 4 heteroatoms. The summed E-state index contributed by atoms with van der Waals surface area (Å²) in [6.07, 6.45) is 5.12. The number of para-hydroxylation sites is 1. The summed E-state index contributed by atoms with van der Waals surface area (Å²) in [5, 5.41) is 4.08. The Morgan fingerprint density at radius 2 is 2.04 bits per heavy atom. The molecule has 1 aromatic carbocycles. The molecule has 0 bridgehead atoms. The number of nitrogens with zero attached hydrogens (tertiary/aromatic N) is 3. The Balaban J connectivity index is 1.70. The molecule has 0 N–H and O–H groups in total. The van der Waals surface area contributed by atoms with Crippen molar-refractivity contribution in [3.63, 3.8) is 0 Å². The first-order valence-electron chi connectivity index (χ1n) is 9.59. The van der Waals surface area contributed by atoms with Gasteiger partial charge in [0.25, 0.3) is 0 Å². The highest BCUT2D eigenvalue weighted by Crippen LogP contribution is 2.53. The maximum Gasteiger partial charge on any atom is 0.143 e. The van der Waals surface area contributed by atoms with E-state index in [0.29, 0.717) is 11.8 Å². The molecule has 5 rings (SSSR count). The van der Waals surface area contributed by atoms with Crippen molar-refractivity contribution in [2.75, 3.05) is 0 Å². The SMILES string of the molecule is Cc1ccccc1-n1c(C)nc2c1CC[C@H]1[C@H](C)c3oncc3C[C@]21C. The second-order valence-electron chi connectivity index (χ2n) is 8.32. The number of imidazole rings is 1. The Kier molecular flexibility index (Phi) is 3.25. The molecule has 4 nitrogen and oxygen atoms in total. The summed E-state index contributed by atoms with van der Waals surface area (Å²) >= 11 is 0. The highest BCUT2D eigenvalue weighted by atomic mass is 16.5. The first-order valence-corrected chi connectivity index (χ1v) is 9.59. The van der Waals surface area contributed by atoms with Crippen LogP contribution < -0.4 is 0 Å². The van der Waals surface area contributed by atoms with Crippen molar-refractivity contribution in [3.8, 4) is 5.69 Å². The van der Waals surface area contributed by atoms with Crippen LogP contribution in [0.3, 0.4) is 0 Å². The van der Waals surface area contributed by atoms with E-state index in [1.165, 1.54) is 34.6 Å². The van der Waals surface area contributed by atoms with Crippen LogP contribution in [0.4, 0.5) is 0 Å². The van der Waals surface area contributed by atoms with Crippen LogP contribution in [0.15, 0.2) is 35.0 Å². The van der Waals surface area contributed by atoms with Gasteiger partial charge in [0.1, 0.15) is 11.6 Å². The van der Waals surface area contributed by atoms with Gasteiger partial charge in [-0.1, -0.05) is 37.2 Å². The average molecular weight is 347 g/mol. The maximum atomic E-state index is 5.59. The van der Waals surface area contributed by atoms with Gasteiger partial charge >= 0.3 is 0 Å². The molecule has 3 aromatic rings. The molecule has 2 aliphatic carbocycles. The number of benzene rings is 1. The van der Waals surface area contributed by atoms with E-state index >= 15 is 0 Å². The quantitative estimate of drug-likeness (QED) is 0.643. The van der Waals surface area contributed by atoms with E-state index in [9.17, 15) is 0 Å². The van der Waals surface area contributed by atoms with Gasteiger partial charge in [0.2, 0.25) is 0 Å². The second-order valence-corrected chi connectivity index (χ2v) is 8.32. The van der Waals surface area contributed by atoms with E-state index in [2.05, 4.69) is 61.7 Å². The lowest BCUT2D eigenvalue weighted by atomic mass is 9.57. The van der Waals surface area contributed by atoms with Crippen LogP contribution in [-0.2, 0) is 18.3 Å². The van der Waals surface area contributed by atoms with Crippen LogP contribution in [0.2, 0.25) is 0 Å². The Bertz CT molecular complexity index is 999. The molecule has 0 amide bonds. The van der Waals surface area contributed by atoms with Gasteiger partial charge in [-0.15, -0.1) is 0 Å². The molecule has 0 saturated heterocycles. The van der Waals surface area contributed by atoms with E-state index in [0.717, 1.165) is 24.4 Å². The molecule has 2 aliphatic rings. The molecule has 3 atom stereocenters. The topological polar surface area (TPSA) is 43.9 Å². The number of hydrogen-bond acceptors (Lipinski definition) is 3. The van der Waals surface area contributed by atoms with Gasteiger partial charge in [0, 0.05) is 28.3 Å². The van der Waals surface area contributed by atoms with Gasteiger partial charge in [-0.3, -0.25) is 0 Å². The Morgan fingerprint density at radius 3 is 2.85 bits per heavy atom. The van der Waals surface area contributed by atoms with Crippen molar-refractivity contribution in [2.24, 2.45) is 5.92 Å². The molecular weight excluding hydrogens is 322 g/mol. The highest BCUT2D eigenvalue weighted by Gasteiger charge is 2.50. The van der Waals surface area contributed by atoms with Gasteiger partial charge in [-0.25, -0.2) is 4.98 Å². The number of aromatic nitrogens is 3. The standard InChI is InChI=1S/C22H25N3O/c1-13-7-5-6-8-18(13)25-15(3)24-21-19(25)10-9-17-14(2)20-16(12-23-26-20)11-22(17,21)4/h5-8,12,14,17H,9-11H2,1-4H3/t14-,17-,22-/m0/s1. The first-order chi connectivity index (χ1) is 12.5. The van der Waals surface area contributed by atoms with Crippen LogP contribution in [0.5, 0.6) is 0 Å². The van der Waals surface area contributed by atoms with E-state index in [1.54, 1.807) is 0 Å². The highest BCUT2D eigenvalue weighted by molar-refractivity contribution is 5.47. The van der Waals surface area contributed by atoms with Crippen LogP contribution in [-0.4, -0.2) is 14.7 Å². The average Bonchev–Trinajstić information content (AvgIpc) is 3.20. The van der Waals surface area contributed by atoms with E-state index in [4.69, 9.17) is 9.51 Å². The third-order valence-corrected chi connectivity index (χ3v) is 6.80. The molecular formula is C22H25N3O. The molecule has 134 valence electrons. The van der Waals surface area contributed by atoms with E-state index in [1.807, 2.05) is 6.20 Å². The summed E-state index contributed by atoms with van der Waals surface area (Å²) in [5.41, 5.74) is 6.53. The van der Waals surface area contributed by atoms with Crippen molar-refractivity contribution >= 4 is 0 Å². The number of fused-ring (bicyclic) bond motifs is 4. The lowest BCUT2D eigenvalue weighted by Crippen LogP contribution is -2.44. The zero-order valence-electron chi connectivity index (χ0n) is 15.9. The summed E-state index contributed by atoms with van der Waals surface area (Å²) in [5.74, 6) is 3.12. The first kappa shape index (κ1) is 15.9. The van der Waals surface area contributed by atoms with Gasteiger partial charge in [0.05, 0.1) is 11.9 Å². The van der Waals surface area contributed by atoms with E-state index < -0.39 is 0 Å². The molecule has 26 heavy (non-hydrogen) atoms. The summed E-state index contributed by atoms with van der Waals surface area (Å²) < 4.78 is 7.98. The summed E-state index contributed by atoms with van der Waals surface area (Å²) in [6, 6.07) is 8.61. The van der Waals surface area contributed by atoms with Crippen LogP contribution in [0.1, 0.15) is 60.3 Å². The zero-order chi connectivity index (χ0) is 18.1. The van der Waals surface area contributed by atoms with Gasteiger partial charge in [0.15, 0.2) is 0 Å². The third-order valence-electron chi connectivity index (χ3n) is 6.80. The Labute approximate surface area is 154 Å². The predicted octanol–water partition coefficient (Wildman–Crippen LogP) is 4.66. The fourth-order valence-corrected chi connectivity index (χ4v) is 5.56. The van der Waals surface area contributed by atoms with Crippen molar-refractivity contribution < 1.29 is 4.52 Å². The largest absolute Gasteiger partial charge is 0.361 e. The lowest BCUT2D eigenvalue weighted by Gasteiger charge is -2.46. The second kappa shape index (κ2) is 5.32. The number of rotatable bonds is 1. The monoisotopic (exact) mass is 347 g/mol. The zero-order valence-corrected chi connectivity index (χ0v) is 15.9. The van der Waals surface area contributed by atoms with Gasteiger partial charge in [-0.2, -0.15) is 0 Å². The Hall–Kier alpha value is -2.36. The molecule has 0 saturated carbocycles. The minimum Gasteiger partial charge on any atom is -0.361 e. The normalized spacial score (nSPS) is 26.9. The van der Waals surface area contributed by atoms with E-state index in [-0.39, 0.29) is 5.41 Å².